The molecule has 0 spiro atoms. The smallest absolute Gasteiger partial charge is 0.0733 e. The van der Waals surface area contributed by atoms with Crippen LogP contribution in [-0.2, 0) is 6.42 Å². The summed E-state index contributed by atoms with van der Waals surface area (Å²) in [7, 11) is 0. The molecular weight excluding hydrogens is 166 g/mol. The van der Waals surface area contributed by atoms with Crippen LogP contribution in [0.15, 0.2) is 24.3 Å². The monoisotopic (exact) mass is 177 g/mol. The minimum atomic E-state index is 0.596. The van der Waals surface area contributed by atoms with Gasteiger partial charge < -0.3 is 5.73 Å². The summed E-state index contributed by atoms with van der Waals surface area (Å²) >= 11 is 4.88. The van der Waals surface area contributed by atoms with Gasteiger partial charge in [0.25, 0.3) is 0 Å². The molecular formula is C10H11NS. The van der Waals surface area contributed by atoms with E-state index in [1.165, 1.54) is 11.1 Å². The van der Waals surface area contributed by atoms with Crippen LogP contribution in [-0.4, -0.2) is 4.99 Å². The highest BCUT2D eigenvalue weighted by Gasteiger charge is 2.25. The second-order valence-electron chi connectivity index (χ2n) is 3.27. The maximum atomic E-state index is 5.49. The van der Waals surface area contributed by atoms with E-state index in [2.05, 4.69) is 24.3 Å². The molecule has 1 nitrogen and oxygen atoms in total. The molecule has 0 aromatic heterocycles. The fourth-order valence-electron chi connectivity index (χ4n) is 1.79. The fraction of sp³-hybridized carbons (Fsp3) is 0.300. The summed E-state index contributed by atoms with van der Waals surface area (Å²) < 4.78 is 0. The third-order valence-electron chi connectivity index (χ3n) is 2.41. The molecule has 0 radical (unpaired) electrons. The van der Waals surface area contributed by atoms with Crippen LogP contribution in [0.2, 0.25) is 0 Å². The SMILES string of the molecule is NC(=S)CC1Cc2ccccc21. The molecule has 0 fully saturated rings. The number of hydrogen-bond donors (Lipinski definition) is 1. The Labute approximate surface area is 77.6 Å². The van der Waals surface area contributed by atoms with Gasteiger partial charge in [-0.15, -0.1) is 0 Å². The van der Waals surface area contributed by atoms with Crippen LogP contribution >= 0.6 is 12.2 Å². The predicted octanol–water partition coefficient (Wildman–Crippen LogP) is 2.00. The molecule has 0 saturated carbocycles. The summed E-state index contributed by atoms with van der Waals surface area (Å²) in [6.45, 7) is 0. The molecule has 0 heterocycles. The third-order valence-corrected chi connectivity index (χ3v) is 2.58. The van der Waals surface area contributed by atoms with Crippen molar-refractivity contribution in [1.29, 1.82) is 0 Å². The minimum absolute atomic E-state index is 0.596. The highest BCUT2D eigenvalue weighted by Crippen LogP contribution is 2.36. The number of thiocarbonyl (C=S) groups is 1. The lowest BCUT2D eigenvalue weighted by molar-refractivity contribution is 0.632. The summed E-state index contributed by atoms with van der Waals surface area (Å²) in [5, 5.41) is 0. The maximum Gasteiger partial charge on any atom is 0.0733 e. The van der Waals surface area contributed by atoms with Gasteiger partial charge in [-0.2, -0.15) is 0 Å². The second kappa shape index (κ2) is 2.87. The van der Waals surface area contributed by atoms with Crippen molar-refractivity contribution in [3.05, 3.63) is 35.4 Å². The van der Waals surface area contributed by atoms with Crippen LogP contribution in [0.5, 0.6) is 0 Å². The molecule has 2 heteroatoms. The Hall–Kier alpha value is -0.890. The van der Waals surface area contributed by atoms with Gasteiger partial charge in [0, 0.05) is 6.42 Å². The van der Waals surface area contributed by atoms with Crippen molar-refractivity contribution in [1.82, 2.24) is 0 Å². The van der Waals surface area contributed by atoms with Gasteiger partial charge in [0.15, 0.2) is 0 Å². The predicted molar refractivity (Wildman–Crippen MR) is 54.3 cm³/mol. The molecule has 0 amide bonds. The average molecular weight is 177 g/mol. The first kappa shape index (κ1) is 7.74. The highest BCUT2D eigenvalue weighted by atomic mass is 32.1. The quantitative estimate of drug-likeness (QED) is 0.699. The first-order valence-electron chi connectivity index (χ1n) is 4.13. The zero-order valence-corrected chi connectivity index (χ0v) is 7.60. The van der Waals surface area contributed by atoms with Gasteiger partial charge in [0.05, 0.1) is 4.99 Å². The van der Waals surface area contributed by atoms with E-state index >= 15 is 0 Å². The lowest BCUT2D eigenvalue weighted by Crippen LogP contribution is -2.22. The molecule has 1 aromatic carbocycles. The van der Waals surface area contributed by atoms with E-state index in [0.717, 1.165) is 12.8 Å². The molecule has 1 aromatic rings. The first-order valence-corrected chi connectivity index (χ1v) is 4.54. The van der Waals surface area contributed by atoms with Gasteiger partial charge in [-0.25, -0.2) is 0 Å². The van der Waals surface area contributed by atoms with Gasteiger partial charge in [-0.05, 0) is 23.5 Å². The largest absolute Gasteiger partial charge is 0.393 e. The topological polar surface area (TPSA) is 26.0 Å². The molecule has 0 aliphatic heterocycles. The summed E-state index contributed by atoms with van der Waals surface area (Å²) in [5.41, 5.74) is 8.38. The summed E-state index contributed by atoms with van der Waals surface area (Å²) in [6, 6.07) is 8.49. The zero-order chi connectivity index (χ0) is 8.55. The van der Waals surface area contributed by atoms with Crippen LogP contribution in [0.3, 0.4) is 0 Å². The fourth-order valence-corrected chi connectivity index (χ4v) is 1.99. The Bertz CT molecular complexity index is 319. The van der Waals surface area contributed by atoms with E-state index in [1.807, 2.05) is 0 Å². The van der Waals surface area contributed by atoms with E-state index in [0.29, 0.717) is 10.9 Å². The van der Waals surface area contributed by atoms with Crippen molar-refractivity contribution in [3.8, 4) is 0 Å². The van der Waals surface area contributed by atoms with Crippen LogP contribution in [0.25, 0.3) is 0 Å². The van der Waals surface area contributed by atoms with E-state index in [1.54, 1.807) is 0 Å². The van der Waals surface area contributed by atoms with Gasteiger partial charge in [-0.3, -0.25) is 0 Å². The maximum absolute atomic E-state index is 5.49. The molecule has 1 aliphatic rings. The van der Waals surface area contributed by atoms with E-state index in [9.17, 15) is 0 Å². The lowest BCUT2D eigenvalue weighted by atomic mass is 9.76. The van der Waals surface area contributed by atoms with E-state index in [4.69, 9.17) is 18.0 Å². The van der Waals surface area contributed by atoms with Crippen molar-refractivity contribution in [2.75, 3.05) is 0 Å². The zero-order valence-electron chi connectivity index (χ0n) is 6.79. The number of hydrogen-bond acceptors (Lipinski definition) is 1. The van der Waals surface area contributed by atoms with Crippen molar-refractivity contribution in [2.24, 2.45) is 5.73 Å². The van der Waals surface area contributed by atoms with Crippen molar-refractivity contribution < 1.29 is 0 Å². The summed E-state index contributed by atoms with van der Waals surface area (Å²) in [4.78, 5) is 0.634. The highest BCUT2D eigenvalue weighted by molar-refractivity contribution is 7.80. The average Bonchev–Trinajstić information content (AvgIpc) is 2.00. The Balaban J connectivity index is 2.15. The Morgan fingerprint density at radius 3 is 2.92 bits per heavy atom. The molecule has 1 unspecified atom stereocenters. The van der Waals surface area contributed by atoms with Crippen LogP contribution in [0.1, 0.15) is 23.5 Å². The molecule has 2 N–H and O–H groups in total. The van der Waals surface area contributed by atoms with Gasteiger partial charge in [0.2, 0.25) is 0 Å². The molecule has 12 heavy (non-hydrogen) atoms. The first-order chi connectivity index (χ1) is 5.77. The molecule has 0 bridgehead atoms. The van der Waals surface area contributed by atoms with Crippen molar-refractivity contribution >= 4 is 17.2 Å². The molecule has 1 atom stereocenters. The van der Waals surface area contributed by atoms with Crippen molar-refractivity contribution in [3.63, 3.8) is 0 Å². The number of benzene rings is 1. The van der Waals surface area contributed by atoms with Gasteiger partial charge in [0.1, 0.15) is 0 Å². The van der Waals surface area contributed by atoms with Gasteiger partial charge in [-0.1, -0.05) is 36.5 Å². The summed E-state index contributed by atoms with van der Waals surface area (Å²) in [6.07, 6.45) is 2.01. The summed E-state index contributed by atoms with van der Waals surface area (Å²) in [5.74, 6) is 0.596. The number of fused-ring (bicyclic) bond motifs is 1. The Kier molecular flexibility index (Phi) is 1.85. The standard InChI is InChI=1S/C10H11NS/c11-10(12)6-8-5-7-3-1-2-4-9(7)8/h1-4,8H,5-6H2,(H2,11,12). The molecule has 1 aliphatic carbocycles. The van der Waals surface area contributed by atoms with E-state index < -0.39 is 0 Å². The molecule has 0 saturated heterocycles. The van der Waals surface area contributed by atoms with Crippen molar-refractivity contribution in [2.45, 2.75) is 18.8 Å². The van der Waals surface area contributed by atoms with Crippen LogP contribution in [0.4, 0.5) is 0 Å². The minimum Gasteiger partial charge on any atom is -0.393 e. The van der Waals surface area contributed by atoms with Gasteiger partial charge >= 0.3 is 0 Å². The van der Waals surface area contributed by atoms with Crippen LogP contribution in [0, 0.1) is 0 Å². The molecule has 62 valence electrons. The normalized spacial score (nSPS) is 19.5. The Morgan fingerprint density at radius 2 is 2.25 bits per heavy atom. The molecule has 2 rings (SSSR count). The number of rotatable bonds is 2. The third kappa shape index (κ3) is 1.23. The van der Waals surface area contributed by atoms with E-state index in [-0.39, 0.29) is 0 Å². The van der Waals surface area contributed by atoms with Crippen LogP contribution < -0.4 is 5.73 Å². The lowest BCUT2D eigenvalue weighted by Gasteiger charge is -2.29. The second-order valence-corrected chi connectivity index (χ2v) is 3.79. The Morgan fingerprint density at radius 1 is 1.50 bits per heavy atom. The number of nitrogens with two attached hydrogens (primary N) is 1.